The molecule has 2 atom stereocenters. The number of carbonyl (C=O) groups is 2. The van der Waals surface area contributed by atoms with E-state index < -0.39 is 0 Å². The quantitative estimate of drug-likeness (QED) is 0.777. The molecule has 1 N–H and O–H groups in total. The summed E-state index contributed by atoms with van der Waals surface area (Å²) in [5.74, 6) is 1.99. The van der Waals surface area contributed by atoms with Crippen LogP contribution < -0.4 is 5.32 Å². The fourth-order valence-electron chi connectivity index (χ4n) is 2.81. The van der Waals surface area contributed by atoms with Crippen molar-refractivity contribution in [3.05, 3.63) is 0 Å². The predicted molar refractivity (Wildman–Crippen MR) is 88.6 cm³/mol. The minimum absolute atomic E-state index is 0.00360. The number of amides is 2. The molecule has 0 bridgehead atoms. The zero-order chi connectivity index (χ0) is 15.9. The van der Waals surface area contributed by atoms with Crippen LogP contribution in [0.3, 0.4) is 0 Å². The lowest BCUT2D eigenvalue weighted by molar-refractivity contribution is -0.138. The Morgan fingerprint density at radius 3 is 2.91 bits per heavy atom. The molecule has 0 aromatic rings. The minimum atomic E-state index is -0.297. The van der Waals surface area contributed by atoms with Crippen LogP contribution in [0.15, 0.2) is 0 Å². The van der Waals surface area contributed by atoms with Crippen molar-refractivity contribution in [2.75, 3.05) is 24.8 Å². The summed E-state index contributed by atoms with van der Waals surface area (Å²) < 4.78 is 5.56. The molecular weight excluding hydrogens is 300 g/mol. The molecule has 2 fully saturated rings. The highest BCUT2D eigenvalue weighted by atomic mass is 32.2. The van der Waals surface area contributed by atoms with Crippen LogP contribution in [0.5, 0.6) is 0 Å². The molecule has 6 heteroatoms. The molecule has 2 aliphatic heterocycles. The summed E-state index contributed by atoms with van der Waals surface area (Å²) in [4.78, 5) is 26.4. The Kier molecular flexibility index (Phi) is 7.02. The number of nitrogens with zero attached hydrogens (tertiary/aromatic N) is 1. The summed E-state index contributed by atoms with van der Waals surface area (Å²) in [6.07, 6.45) is 4.62. The van der Waals surface area contributed by atoms with Crippen molar-refractivity contribution in [3.8, 4) is 0 Å². The number of rotatable bonds is 7. The topological polar surface area (TPSA) is 58.6 Å². The van der Waals surface area contributed by atoms with Gasteiger partial charge in [-0.15, -0.1) is 11.8 Å². The molecule has 2 saturated heterocycles. The largest absolute Gasteiger partial charge is 0.378 e. The molecule has 2 rings (SSSR count). The van der Waals surface area contributed by atoms with Crippen molar-refractivity contribution in [1.29, 1.82) is 0 Å². The first-order chi connectivity index (χ1) is 10.6. The van der Waals surface area contributed by atoms with E-state index in [-0.39, 0.29) is 24.0 Å². The smallest absolute Gasteiger partial charge is 0.243 e. The summed E-state index contributed by atoms with van der Waals surface area (Å²) in [5.41, 5.74) is 0. The zero-order valence-corrected chi connectivity index (χ0v) is 14.5. The fourth-order valence-corrected chi connectivity index (χ4v) is 3.99. The molecule has 2 heterocycles. The number of thioether (sulfide) groups is 1. The van der Waals surface area contributed by atoms with E-state index >= 15 is 0 Å². The molecule has 0 spiro atoms. The Morgan fingerprint density at radius 1 is 1.41 bits per heavy atom. The highest BCUT2D eigenvalue weighted by molar-refractivity contribution is 7.99. The molecule has 0 saturated carbocycles. The molecule has 22 heavy (non-hydrogen) atoms. The Hall–Kier alpha value is -0.750. The standard InChI is InChI=1S/C16H28N2O3S/c1-12(2)7-8-17-16(20)14-10-22-11-18(14)15(19)6-5-13-4-3-9-21-13/h12-14H,3-11H2,1-2H3,(H,17,20)/t13-,14+/m0/s1. The Morgan fingerprint density at radius 2 is 2.23 bits per heavy atom. The van der Waals surface area contributed by atoms with Crippen LogP contribution in [0, 0.1) is 5.92 Å². The van der Waals surface area contributed by atoms with Gasteiger partial charge in [0, 0.05) is 25.3 Å². The molecule has 126 valence electrons. The van der Waals surface area contributed by atoms with Gasteiger partial charge in [-0.05, 0) is 31.6 Å². The molecule has 0 unspecified atom stereocenters. The Balaban J connectivity index is 1.75. The van der Waals surface area contributed by atoms with Crippen LogP contribution in [0.1, 0.15) is 46.0 Å². The number of nitrogens with one attached hydrogen (secondary N) is 1. The molecule has 2 amide bonds. The Labute approximate surface area is 137 Å². The maximum Gasteiger partial charge on any atom is 0.243 e. The van der Waals surface area contributed by atoms with E-state index in [1.807, 2.05) is 0 Å². The van der Waals surface area contributed by atoms with Gasteiger partial charge in [0.25, 0.3) is 0 Å². The second-order valence-electron chi connectivity index (χ2n) is 6.53. The van der Waals surface area contributed by atoms with Crippen molar-refractivity contribution in [3.63, 3.8) is 0 Å². The molecule has 5 nitrogen and oxygen atoms in total. The fraction of sp³-hybridized carbons (Fsp3) is 0.875. The molecule has 0 radical (unpaired) electrons. The van der Waals surface area contributed by atoms with Gasteiger partial charge in [-0.25, -0.2) is 0 Å². The lowest BCUT2D eigenvalue weighted by Crippen LogP contribution is -2.47. The first-order valence-electron chi connectivity index (χ1n) is 8.34. The van der Waals surface area contributed by atoms with E-state index in [2.05, 4.69) is 19.2 Å². The van der Waals surface area contributed by atoms with E-state index in [0.717, 1.165) is 32.3 Å². The zero-order valence-electron chi connectivity index (χ0n) is 13.7. The van der Waals surface area contributed by atoms with Gasteiger partial charge in [0.2, 0.25) is 11.8 Å². The number of carbonyl (C=O) groups excluding carboxylic acids is 2. The monoisotopic (exact) mass is 328 g/mol. The third kappa shape index (κ3) is 5.16. The third-order valence-electron chi connectivity index (χ3n) is 4.23. The molecular formula is C16H28N2O3S. The van der Waals surface area contributed by atoms with Crippen molar-refractivity contribution in [2.45, 2.75) is 58.1 Å². The highest BCUT2D eigenvalue weighted by Crippen LogP contribution is 2.24. The lowest BCUT2D eigenvalue weighted by Gasteiger charge is -2.23. The van der Waals surface area contributed by atoms with Crippen LogP contribution in [-0.2, 0) is 14.3 Å². The molecule has 0 aromatic heterocycles. The summed E-state index contributed by atoms with van der Waals surface area (Å²) in [6.45, 7) is 5.78. The first-order valence-corrected chi connectivity index (χ1v) is 9.50. The van der Waals surface area contributed by atoms with Crippen LogP contribution in [-0.4, -0.2) is 53.6 Å². The van der Waals surface area contributed by atoms with Gasteiger partial charge in [0.15, 0.2) is 0 Å². The predicted octanol–water partition coefficient (Wildman–Crippen LogP) is 2.01. The van der Waals surface area contributed by atoms with Gasteiger partial charge >= 0.3 is 0 Å². The van der Waals surface area contributed by atoms with E-state index in [9.17, 15) is 9.59 Å². The van der Waals surface area contributed by atoms with Crippen molar-refractivity contribution < 1.29 is 14.3 Å². The van der Waals surface area contributed by atoms with Crippen molar-refractivity contribution in [2.24, 2.45) is 5.92 Å². The van der Waals surface area contributed by atoms with Gasteiger partial charge in [-0.1, -0.05) is 13.8 Å². The summed E-state index contributed by atoms with van der Waals surface area (Å²) in [7, 11) is 0. The summed E-state index contributed by atoms with van der Waals surface area (Å²) >= 11 is 1.66. The Bertz CT molecular complexity index is 384. The first kappa shape index (κ1) is 17.6. The van der Waals surface area contributed by atoms with Crippen LogP contribution in [0.2, 0.25) is 0 Å². The SMILES string of the molecule is CC(C)CCNC(=O)[C@H]1CSCN1C(=O)CC[C@@H]1CCCO1. The van der Waals surface area contributed by atoms with Gasteiger partial charge in [0.05, 0.1) is 12.0 Å². The average Bonchev–Trinajstić information content (AvgIpc) is 3.15. The average molecular weight is 328 g/mol. The highest BCUT2D eigenvalue weighted by Gasteiger charge is 2.34. The van der Waals surface area contributed by atoms with Gasteiger partial charge in [-0.3, -0.25) is 9.59 Å². The lowest BCUT2D eigenvalue weighted by atomic mass is 10.1. The number of hydrogen-bond acceptors (Lipinski definition) is 4. The minimum Gasteiger partial charge on any atom is -0.378 e. The number of ether oxygens (including phenoxy) is 1. The second kappa shape index (κ2) is 8.77. The van der Waals surface area contributed by atoms with Crippen LogP contribution in [0.4, 0.5) is 0 Å². The summed E-state index contributed by atoms with van der Waals surface area (Å²) in [5, 5.41) is 2.97. The third-order valence-corrected chi connectivity index (χ3v) is 5.24. The summed E-state index contributed by atoms with van der Waals surface area (Å²) in [6, 6.07) is -0.297. The van der Waals surface area contributed by atoms with Crippen LogP contribution >= 0.6 is 11.8 Å². The van der Waals surface area contributed by atoms with Gasteiger partial charge in [0.1, 0.15) is 6.04 Å². The maximum absolute atomic E-state index is 12.4. The normalized spacial score (nSPS) is 25.0. The molecule has 2 aliphatic rings. The van der Waals surface area contributed by atoms with Crippen molar-refractivity contribution in [1.82, 2.24) is 10.2 Å². The molecule has 0 aliphatic carbocycles. The van der Waals surface area contributed by atoms with E-state index in [1.165, 1.54) is 0 Å². The van der Waals surface area contributed by atoms with Crippen LogP contribution in [0.25, 0.3) is 0 Å². The molecule has 0 aromatic carbocycles. The number of hydrogen-bond donors (Lipinski definition) is 1. The van der Waals surface area contributed by atoms with E-state index in [0.29, 0.717) is 30.5 Å². The van der Waals surface area contributed by atoms with Gasteiger partial charge < -0.3 is 15.0 Å². The second-order valence-corrected chi connectivity index (χ2v) is 7.53. The van der Waals surface area contributed by atoms with E-state index in [4.69, 9.17) is 4.74 Å². The van der Waals surface area contributed by atoms with Gasteiger partial charge in [-0.2, -0.15) is 0 Å². The van der Waals surface area contributed by atoms with Crippen molar-refractivity contribution >= 4 is 23.6 Å². The van der Waals surface area contributed by atoms with E-state index in [1.54, 1.807) is 16.7 Å². The maximum atomic E-state index is 12.4.